The lowest BCUT2D eigenvalue weighted by atomic mass is 9.98. The number of carbonyl (C=O) groups is 1. The molecule has 0 saturated carbocycles. The quantitative estimate of drug-likeness (QED) is 0.360. The van der Waals surface area contributed by atoms with E-state index in [1.54, 1.807) is 12.1 Å². The SMILES string of the molecule is COC(=O)c1ccc2nc(-c3ccccc3)c(-c3cccc4ccccc34)nc2c1. The molecule has 30 heavy (non-hydrogen) atoms. The number of esters is 1. The van der Waals surface area contributed by atoms with Gasteiger partial charge in [-0.25, -0.2) is 14.8 Å². The Hall–Kier alpha value is -4.05. The van der Waals surface area contributed by atoms with E-state index >= 15 is 0 Å². The molecule has 4 heteroatoms. The molecule has 4 nitrogen and oxygen atoms in total. The molecule has 0 amide bonds. The molecule has 0 bridgehead atoms. The third-order valence-electron chi connectivity index (χ3n) is 5.18. The molecule has 1 aromatic heterocycles. The molecule has 0 fully saturated rings. The molecular formula is C26H18N2O2. The topological polar surface area (TPSA) is 52.1 Å². The first kappa shape index (κ1) is 18.0. The van der Waals surface area contributed by atoms with Crippen molar-refractivity contribution >= 4 is 27.8 Å². The van der Waals surface area contributed by atoms with Crippen LogP contribution in [0.2, 0.25) is 0 Å². The first-order valence-electron chi connectivity index (χ1n) is 9.68. The Morgan fingerprint density at radius 3 is 2.30 bits per heavy atom. The van der Waals surface area contributed by atoms with Gasteiger partial charge in [0.1, 0.15) is 0 Å². The molecule has 144 valence electrons. The molecule has 0 atom stereocenters. The molecule has 0 aliphatic rings. The zero-order valence-corrected chi connectivity index (χ0v) is 16.4. The monoisotopic (exact) mass is 390 g/mol. The minimum atomic E-state index is -0.391. The first-order chi connectivity index (χ1) is 14.7. The van der Waals surface area contributed by atoms with E-state index in [1.807, 2.05) is 54.6 Å². The predicted octanol–water partition coefficient (Wildman–Crippen LogP) is 5.90. The summed E-state index contributed by atoms with van der Waals surface area (Å²) >= 11 is 0. The van der Waals surface area contributed by atoms with Crippen LogP contribution in [0.4, 0.5) is 0 Å². The van der Waals surface area contributed by atoms with E-state index in [9.17, 15) is 4.79 Å². The minimum Gasteiger partial charge on any atom is -0.465 e. The number of hydrogen-bond acceptors (Lipinski definition) is 4. The van der Waals surface area contributed by atoms with Crippen LogP contribution in [0.3, 0.4) is 0 Å². The second-order valence-electron chi connectivity index (χ2n) is 7.01. The van der Waals surface area contributed by atoms with Crippen molar-refractivity contribution in [1.29, 1.82) is 0 Å². The Balaban J connectivity index is 1.84. The van der Waals surface area contributed by atoms with E-state index in [0.29, 0.717) is 11.1 Å². The van der Waals surface area contributed by atoms with Gasteiger partial charge in [-0.3, -0.25) is 0 Å². The molecule has 5 rings (SSSR count). The van der Waals surface area contributed by atoms with Crippen molar-refractivity contribution in [3.8, 4) is 22.5 Å². The van der Waals surface area contributed by atoms with Gasteiger partial charge in [0.05, 0.1) is 35.1 Å². The minimum absolute atomic E-state index is 0.391. The number of nitrogens with zero attached hydrogens (tertiary/aromatic N) is 2. The average molecular weight is 390 g/mol. The fourth-order valence-electron chi connectivity index (χ4n) is 3.72. The predicted molar refractivity (Wildman–Crippen MR) is 119 cm³/mol. The summed E-state index contributed by atoms with van der Waals surface area (Å²) in [6.45, 7) is 0. The van der Waals surface area contributed by atoms with Gasteiger partial charge in [0.15, 0.2) is 0 Å². The van der Waals surface area contributed by atoms with Crippen LogP contribution in [0.1, 0.15) is 10.4 Å². The summed E-state index contributed by atoms with van der Waals surface area (Å²) in [5.74, 6) is -0.391. The number of hydrogen-bond donors (Lipinski definition) is 0. The Kier molecular flexibility index (Phi) is 4.45. The van der Waals surface area contributed by atoms with Crippen molar-refractivity contribution in [3.05, 3.63) is 96.6 Å². The van der Waals surface area contributed by atoms with Crippen molar-refractivity contribution in [2.45, 2.75) is 0 Å². The molecular weight excluding hydrogens is 372 g/mol. The lowest BCUT2D eigenvalue weighted by Gasteiger charge is -2.13. The smallest absolute Gasteiger partial charge is 0.337 e. The van der Waals surface area contributed by atoms with Crippen LogP contribution in [-0.4, -0.2) is 23.0 Å². The van der Waals surface area contributed by atoms with Gasteiger partial charge >= 0.3 is 5.97 Å². The highest BCUT2D eigenvalue weighted by Gasteiger charge is 2.16. The molecule has 0 aliphatic heterocycles. The summed E-state index contributed by atoms with van der Waals surface area (Å²) in [4.78, 5) is 21.9. The van der Waals surface area contributed by atoms with Crippen LogP contribution >= 0.6 is 0 Å². The van der Waals surface area contributed by atoms with Gasteiger partial charge in [0, 0.05) is 11.1 Å². The van der Waals surface area contributed by atoms with Crippen LogP contribution in [0.5, 0.6) is 0 Å². The molecule has 0 aliphatic carbocycles. The number of carbonyl (C=O) groups excluding carboxylic acids is 1. The van der Waals surface area contributed by atoms with Gasteiger partial charge in [0.25, 0.3) is 0 Å². The van der Waals surface area contributed by atoms with Crippen molar-refractivity contribution < 1.29 is 9.53 Å². The Morgan fingerprint density at radius 1 is 0.733 bits per heavy atom. The highest BCUT2D eigenvalue weighted by Crippen LogP contribution is 2.35. The van der Waals surface area contributed by atoms with Gasteiger partial charge in [-0.2, -0.15) is 0 Å². The number of ether oxygens (including phenoxy) is 1. The van der Waals surface area contributed by atoms with E-state index in [-0.39, 0.29) is 0 Å². The number of fused-ring (bicyclic) bond motifs is 2. The van der Waals surface area contributed by atoms with Crippen LogP contribution in [0, 0.1) is 0 Å². The fourth-order valence-corrected chi connectivity index (χ4v) is 3.72. The molecule has 0 N–H and O–H groups in total. The third kappa shape index (κ3) is 3.08. The highest BCUT2D eigenvalue weighted by molar-refractivity contribution is 6.00. The summed E-state index contributed by atoms with van der Waals surface area (Å²) in [6, 6.07) is 29.7. The van der Waals surface area contributed by atoms with Crippen molar-refractivity contribution in [3.63, 3.8) is 0 Å². The maximum atomic E-state index is 12.0. The number of methoxy groups -OCH3 is 1. The Morgan fingerprint density at radius 2 is 1.47 bits per heavy atom. The van der Waals surface area contributed by atoms with Crippen LogP contribution < -0.4 is 0 Å². The second kappa shape index (κ2) is 7.41. The molecule has 0 saturated heterocycles. The average Bonchev–Trinajstić information content (AvgIpc) is 2.82. The lowest BCUT2D eigenvalue weighted by molar-refractivity contribution is 0.0601. The largest absolute Gasteiger partial charge is 0.465 e. The van der Waals surface area contributed by atoms with Crippen molar-refractivity contribution in [1.82, 2.24) is 9.97 Å². The number of benzene rings is 4. The summed E-state index contributed by atoms with van der Waals surface area (Å²) in [5.41, 5.74) is 5.43. The van der Waals surface area contributed by atoms with E-state index < -0.39 is 5.97 Å². The molecule has 0 unspecified atom stereocenters. The van der Waals surface area contributed by atoms with Gasteiger partial charge in [-0.15, -0.1) is 0 Å². The number of rotatable bonds is 3. The normalized spacial score (nSPS) is 11.0. The summed E-state index contributed by atoms with van der Waals surface area (Å²) in [7, 11) is 1.37. The van der Waals surface area contributed by atoms with E-state index in [0.717, 1.165) is 38.8 Å². The van der Waals surface area contributed by atoms with Gasteiger partial charge < -0.3 is 4.74 Å². The highest BCUT2D eigenvalue weighted by atomic mass is 16.5. The van der Waals surface area contributed by atoms with Crippen molar-refractivity contribution in [2.75, 3.05) is 7.11 Å². The van der Waals surface area contributed by atoms with E-state index in [2.05, 4.69) is 24.3 Å². The van der Waals surface area contributed by atoms with Gasteiger partial charge in [0.2, 0.25) is 0 Å². The number of aromatic nitrogens is 2. The molecule has 4 aromatic carbocycles. The molecule has 0 radical (unpaired) electrons. The molecule has 0 spiro atoms. The molecule has 5 aromatic rings. The second-order valence-corrected chi connectivity index (χ2v) is 7.01. The Labute approximate surface area is 173 Å². The lowest BCUT2D eigenvalue weighted by Crippen LogP contribution is -2.02. The van der Waals surface area contributed by atoms with Crippen LogP contribution in [-0.2, 0) is 4.74 Å². The first-order valence-corrected chi connectivity index (χ1v) is 9.68. The Bertz CT molecular complexity index is 1390. The standard InChI is InChI=1S/C26H18N2O2/c1-30-26(29)19-14-15-22-23(16-19)28-25(24(27-22)18-9-3-2-4-10-18)21-13-7-11-17-8-5-6-12-20(17)21/h2-16H,1H3. The van der Waals surface area contributed by atoms with Crippen molar-refractivity contribution in [2.24, 2.45) is 0 Å². The van der Waals surface area contributed by atoms with Gasteiger partial charge in [-0.1, -0.05) is 72.8 Å². The fraction of sp³-hybridized carbons (Fsp3) is 0.0385. The van der Waals surface area contributed by atoms with Crippen LogP contribution in [0.15, 0.2) is 91.0 Å². The van der Waals surface area contributed by atoms with E-state index in [4.69, 9.17) is 14.7 Å². The zero-order chi connectivity index (χ0) is 20.5. The summed E-state index contributed by atoms with van der Waals surface area (Å²) < 4.78 is 4.86. The van der Waals surface area contributed by atoms with Crippen LogP contribution in [0.25, 0.3) is 44.3 Å². The molecule has 1 heterocycles. The van der Waals surface area contributed by atoms with E-state index in [1.165, 1.54) is 7.11 Å². The van der Waals surface area contributed by atoms with Gasteiger partial charge in [-0.05, 0) is 29.0 Å². The maximum absolute atomic E-state index is 12.0. The maximum Gasteiger partial charge on any atom is 0.337 e. The summed E-state index contributed by atoms with van der Waals surface area (Å²) in [5, 5.41) is 2.24. The third-order valence-corrected chi connectivity index (χ3v) is 5.18. The summed E-state index contributed by atoms with van der Waals surface area (Å²) in [6.07, 6.45) is 0. The zero-order valence-electron chi connectivity index (χ0n) is 16.4.